The van der Waals surface area contributed by atoms with Crippen molar-refractivity contribution in [3.05, 3.63) is 65.5 Å². The van der Waals surface area contributed by atoms with Crippen LogP contribution in [0.1, 0.15) is 75.2 Å². The van der Waals surface area contributed by atoms with Gasteiger partial charge in [0.25, 0.3) is 5.91 Å². The lowest BCUT2D eigenvalue weighted by Gasteiger charge is -2.22. The molecule has 0 aliphatic heterocycles. The maximum absolute atomic E-state index is 13.1. The molecular formula is C27H36N4O6S2. The van der Waals surface area contributed by atoms with Crippen LogP contribution in [0.4, 0.5) is 6.01 Å². The van der Waals surface area contributed by atoms with Crippen molar-refractivity contribution in [3.63, 3.8) is 0 Å². The van der Waals surface area contributed by atoms with Crippen LogP contribution in [-0.4, -0.2) is 55.6 Å². The summed E-state index contributed by atoms with van der Waals surface area (Å²) in [6.07, 6.45) is 3.60. The lowest BCUT2D eigenvalue weighted by Crippen LogP contribution is -2.33. The molecule has 0 radical (unpaired) electrons. The lowest BCUT2D eigenvalue weighted by atomic mass is 10.1. The van der Waals surface area contributed by atoms with Gasteiger partial charge >= 0.3 is 6.01 Å². The first kappa shape index (κ1) is 30.5. The first-order chi connectivity index (χ1) is 18.5. The van der Waals surface area contributed by atoms with Gasteiger partial charge in [0.05, 0.1) is 21.5 Å². The second-order valence-corrected chi connectivity index (χ2v) is 13.9. The molecule has 39 heavy (non-hydrogen) atoms. The Kier molecular flexibility index (Phi) is 10.4. The Hall–Kier alpha value is -3.09. The van der Waals surface area contributed by atoms with Gasteiger partial charge in [-0.3, -0.25) is 10.1 Å². The number of aromatic nitrogens is 2. The molecule has 10 nitrogen and oxygen atoms in total. The van der Waals surface area contributed by atoms with Gasteiger partial charge in [0, 0.05) is 18.7 Å². The minimum atomic E-state index is -3.66. The van der Waals surface area contributed by atoms with Crippen LogP contribution >= 0.6 is 0 Å². The number of rotatable bonds is 14. The fourth-order valence-corrected chi connectivity index (χ4v) is 6.31. The number of anilines is 1. The van der Waals surface area contributed by atoms with Crippen molar-refractivity contribution in [3.8, 4) is 0 Å². The molecule has 212 valence electrons. The number of sulfone groups is 1. The summed E-state index contributed by atoms with van der Waals surface area (Å²) in [4.78, 5) is 13.1. The molecule has 0 fully saturated rings. The highest BCUT2D eigenvalue weighted by atomic mass is 32.2. The van der Waals surface area contributed by atoms with Crippen molar-refractivity contribution in [1.29, 1.82) is 0 Å². The number of unbranched alkanes of at least 4 members (excludes halogenated alkanes) is 2. The molecule has 0 saturated carbocycles. The normalized spacial score (nSPS) is 12.3. The quantitative estimate of drug-likeness (QED) is 0.292. The molecule has 1 amide bonds. The number of hydrogen-bond donors (Lipinski definition) is 1. The van der Waals surface area contributed by atoms with Crippen LogP contribution in [0, 0.1) is 0 Å². The van der Waals surface area contributed by atoms with Crippen molar-refractivity contribution < 1.29 is 26.0 Å². The highest BCUT2D eigenvalue weighted by molar-refractivity contribution is 7.92. The molecule has 3 aromatic rings. The van der Waals surface area contributed by atoms with Crippen LogP contribution in [0.3, 0.4) is 0 Å². The van der Waals surface area contributed by atoms with Gasteiger partial charge in [0.1, 0.15) is 0 Å². The number of sulfonamides is 1. The number of amides is 1. The lowest BCUT2D eigenvalue weighted by molar-refractivity contribution is 0.102. The van der Waals surface area contributed by atoms with Crippen molar-refractivity contribution in [2.24, 2.45) is 0 Å². The van der Waals surface area contributed by atoms with Crippen molar-refractivity contribution in [2.75, 3.05) is 18.4 Å². The molecule has 0 spiro atoms. The molecule has 12 heteroatoms. The third-order valence-corrected chi connectivity index (χ3v) is 10.3. The Bertz CT molecular complexity index is 1440. The minimum absolute atomic E-state index is 0.101. The molecule has 1 aromatic heterocycles. The first-order valence-electron chi connectivity index (χ1n) is 13.1. The summed E-state index contributed by atoms with van der Waals surface area (Å²) in [5.74, 6) is -0.281. The molecule has 1 heterocycles. The third-order valence-electron chi connectivity index (χ3n) is 6.19. The minimum Gasteiger partial charge on any atom is -0.407 e. The van der Waals surface area contributed by atoms with Gasteiger partial charge in [-0.25, -0.2) is 16.8 Å². The molecule has 0 saturated heterocycles. The Morgan fingerprint density at radius 3 is 1.97 bits per heavy atom. The predicted molar refractivity (Wildman–Crippen MR) is 149 cm³/mol. The monoisotopic (exact) mass is 576 g/mol. The maximum atomic E-state index is 13.1. The van der Waals surface area contributed by atoms with Gasteiger partial charge in [0.15, 0.2) is 9.84 Å². The molecule has 0 unspecified atom stereocenters. The predicted octanol–water partition coefficient (Wildman–Crippen LogP) is 4.69. The number of carbonyl (C=O) groups is 1. The van der Waals surface area contributed by atoms with E-state index in [1.54, 1.807) is 38.1 Å². The number of benzene rings is 2. The van der Waals surface area contributed by atoms with Crippen LogP contribution < -0.4 is 5.32 Å². The molecule has 1 N–H and O–H groups in total. The summed E-state index contributed by atoms with van der Waals surface area (Å²) < 4.78 is 57.9. The van der Waals surface area contributed by atoms with E-state index in [2.05, 4.69) is 15.5 Å². The van der Waals surface area contributed by atoms with E-state index in [1.807, 2.05) is 13.8 Å². The Morgan fingerprint density at radius 1 is 0.872 bits per heavy atom. The topological polar surface area (TPSA) is 140 Å². The zero-order valence-corrected chi connectivity index (χ0v) is 24.4. The van der Waals surface area contributed by atoms with E-state index in [9.17, 15) is 21.6 Å². The zero-order valence-electron chi connectivity index (χ0n) is 22.8. The average molecular weight is 577 g/mol. The Labute approximate surface area is 230 Å². The van der Waals surface area contributed by atoms with Gasteiger partial charge in [0.2, 0.25) is 15.9 Å². The van der Waals surface area contributed by atoms with E-state index >= 15 is 0 Å². The summed E-state index contributed by atoms with van der Waals surface area (Å²) >= 11 is 0. The molecule has 0 aliphatic rings. The maximum Gasteiger partial charge on any atom is 0.322 e. The smallest absolute Gasteiger partial charge is 0.322 e. The van der Waals surface area contributed by atoms with E-state index in [0.29, 0.717) is 13.1 Å². The van der Waals surface area contributed by atoms with Crippen LogP contribution in [0.2, 0.25) is 0 Å². The molecule has 0 atom stereocenters. The highest BCUT2D eigenvalue weighted by Gasteiger charge is 2.24. The SMILES string of the molecule is CCCCN(CCCC)S(=O)(=O)c1ccc(C(=O)Nc2nnc(Cc3ccc(S(=O)(=O)C(C)C)cc3)o2)cc1. The Balaban J connectivity index is 1.64. The number of nitrogens with zero attached hydrogens (tertiary/aromatic N) is 3. The Morgan fingerprint density at radius 2 is 1.44 bits per heavy atom. The fourth-order valence-electron chi connectivity index (χ4n) is 3.74. The van der Waals surface area contributed by atoms with Gasteiger partial charge in [-0.1, -0.05) is 43.9 Å². The number of nitrogens with one attached hydrogen (secondary N) is 1. The van der Waals surface area contributed by atoms with Gasteiger partial charge < -0.3 is 4.42 Å². The highest BCUT2D eigenvalue weighted by Crippen LogP contribution is 2.20. The van der Waals surface area contributed by atoms with E-state index in [-0.39, 0.29) is 33.7 Å². The number of hydrogen-bond acceptors (Lipinski definition) is 8. The second-order valence-electron chi connectivity index (χ2n) is 9.51. The summed E-state index contributed by atoms with van der Waals surface area (Å²) in [6, 6.07) is 12.1. The molecule has 2 aromatic carbocycles. The van der Waals surface area contributed by atoms with Crippen LogP contribution in [-0.2, 0) is 26.3 Å². The van der Waals surface area contributed by atoms with Gasteiger partial charge in [-0.15, -0.1) is 5.10 Å². The van der Waals surface area contributed by atoms with E-state index in [4.69, 9.17) is 4.42 Å². The second kappa shape index (κ2) is 13.3. The molecule has 0 aliphatic carbocycles. The standard InChI is InChI=1S/C27H36N4O6S2/c1-5-7-17-31(18-8-6-2)39(35,36)24-15-11-22(12-16-24)26(32)28-27-30-29-25(37-27)19-21-9-13-23(14-10-21)38(33,34)20(3)4/h9-16,20H,5-8,17-19H2,1-4H3,(H,28,30,32). The van der Waals surface area contributed by atoms with E-state index in [0.717, 1.165) is 31.2 Å². The molecule has 3 rings (SSSR count). The van der Waals surface area contributed by atoms with Gasteiger partial charge in [-0.2, -0.15) is 4.31 Å². The molecule has 0 bridgehead atoms. The van der Waals surface area contributed by atoms with Crippen LogP contribution in [0.15, 0.2) is 62.7 Å². The van der Waals surface area contributed by atoms with Crippen LogP contribution in [0.25, 0.3) is 0 Å². The first-order valence-corrected chi connectivity index (χ1v) is 16.0. The van der Waals surface area contributed by atoms with E-state index in [1.165, 1.54) is 28.6 Å². The van der Waals surface area contributed by atoms with Crippen molar-refractivity contribution in [1.82, 2.24) is 14.5 Å². The summed E-state index contributed by atoms with van der Waals surface area (Å²) in [5.41, 5.74) is 1.01. The third kappa shape index (κ3) is 7.74. The van der Waals surface area contributed by atoms with Crippen LogP contribution in [0.5, 0.6) is 0 Å². The van der Waals surface area contributed by atoms with E-state index < -0.39 is 31.0 Å². The fraction of sp³-hybridized carbons (Fsp3) is 0.444. The summed E-state index contributed by atoms with van der Waals surface area (Å²) in [7, 11) is -7.02. The average Bonchev–Trinajstić information content (AvgIpc) is 3.35. The van der Waals surface area contributed by atoms with Gasteiger partial charge in [-0.05, 0) is 68.7 Å². The summed E-state index contributed by atoms with van der Waals surface area (Å²) in [6.45, 7) is 8.21. The van der Waals surface area contributed by atoms with Crippen molar-refractivity contribution >= 4 is 31.8 Å². The summed E-state index contributed by atoms with van der Waals surface area (Å²) in [5, 5.41) is 9.79. The number of carbonyl (C=O) groups excluding carboxylic acids is 1. The molecular weight excluding hydrogens is 540 g/mol. The zero-order chi connectivity index (χ0) is 28.6. The largest absolute Gasteiger partial charge is 0.407 e. The van der Waals surface area contributed by atoms with Crippen molar-refractivity contribution in [2.45, 2.75) is 74.8 Å².